The van der Waals surface area contributed by atoms with Gasteiger partial charge in [0.05, 0.1) is 0 Å². The Bertz CT molecular complexity index is 445. The fourth-order valence-corrected chi connectivity index (χ4v) is 3.82. The van der Waals surface area contributed by atoms with E-state index >= 15 is 0 Å². The van der Waals surface area contributed by atoms with E-state index in [0.29, 0.717) is 12.3 Å². The van der Waals surface area contributed by atoms with E-state index in [2.05, 4.69) is 35.2 Å². The van der Waals surface area contributed by atoms with Gasteiger partial charge < -0.3 is 5.73 Å². The highest BCUT2D eigenvalue weighted by molar-refractivity contribution is 5.74. The van der Waals surface area contributed by atoms with Gasteiger partial charge in [-0.1, -0.05) is 30.3 Å². The van der Waals surface area contributed by atoms with Crippen molar-refractivity contribution >= 4 is 5.91 Å². The SMILES string of the molecule is NC(=O)CC1CN(C2CCC(c3ccccc3)CC2)C1. The number of carbonyl (C=O) groups excluding carboxylic acids is 1. The quantitative estimate of drug-likeness (QED) is 0.915. The van der Waals surface area contributed by atoms with Crippen molar-refractivity contribution in [2.45, 2.75) is 44.1 Å². The van der Waals surface area contributed by atoms with E-state index in [1.54, 1.807) is 0 Å². The van der Waals surface area contributed by atoms with Crippen molar-refractivity contribution in [3.8, 4) is 0 Å². The predicted octanol–water partition coefficient (Wildman–Crippen LogP) is 2.52. The predicted molar refractivity (Wildman–Crippen MR) is 80.3 cm³/mol. The first kappa shape index (κ1) is 13.6. The molecule has 1 saturated heterocycles. The van der Waals surface area contributed by atoms with E-state index in [1.807, 2.05) is 0 Å². The second-order valence-corrected chi connectivity index (χ2v) is 6.41. The third-order valence-corrected chi connectivity index (χ3v) is 4.96. The third-order valence-electron chi connectivity index (χ3n) is 4.96. The molecule has 1 aliphatic carbocycles. The molecule has 3 nitrogen and oxygen atoms in total. The Labute approximate surface area is 121 Å². The zero-order chi connectivity index (χ0) is 13.9. The Balaban J connectivity index is 1.45. The minimum atomic E-state index is -0.151. The summed E-state index contributed by atoms with van der Waals surface area (Å²) in [5, 5.41) is 0. The van der Waals surface area contributed by atoms with Crippen molar-refractivity contribution in [1.29, 1.82) is 0 Å². The molecule has 0 radical (unpaired) electrons. The van der Waals surface area contributed by atoms with E-state index in [-0.39, 0.29) is 5.91 Å². The number of primary amides is 1. The standard InChI is InChI=1S/C17H24N2O/c18-17(20)10-13-11-19(12-13)16-8-6-15(7-9-16)14-4-2-1-3-5-14/h1-5,13,15-16H,6-12H2,(H2,18,20). The Hall–Kier alpha value is -1.35. The largest absolute Gasteiger partial charge is 0.370 e. The van der Waals surface area contributed by atoms with Gasteiger partial charge in [-0.2, -0.15) is 0 Å². The lowest BCUT2D eigenvalue weighted by Gasteiger charge is -2.46. The molecule has 1 saturated carbocycles. The molecule has 1 amide bonds. The molecule has 3 rings (SSSR count). The normalized spacial score (nSPS) is 28.0. The van der Waals surface area contributed by atoms with Crippen LogP contribution in [0.2, 0.25) is 0 Å². The summed E-state index contributed by atoms with van der Waals surface area (Å²) in [6.07, 6.45) is 5.75. The lowest BCUT2D eigenvalue weighted by Crippen LogP contribution is -2.53. The zero-order valence-corrected chi connectivity index (χ0v) is 12.0. The summed E-state index contributed by atoms with van der Waals surface area (Å²) in [5.74, 6) is 1.11. The Morgan fingerprint density at radius 1 is 1.10 bits per heavy atom. The maximum absolute atomic E-state index is 10.9. The number of hydrogen-bond acceptors (Lipinski definition) is 2. The average Bonchev–Trinajstić information content (AvgIpc) is 2.43. The van der Waals surface area contributed by atoms with Crippen LogP contribution in [-0.2, 0) is 4.79 Å². The van der Waals surface area contributed by atoms with Crippen molar-refractivity contribution in [1.82, 2.24) is 4.90 Å². The van der Waals surface area contributed by atoms with Gasteiger partial charge in [-0.05, 0) is 43.1 Å². The first-order chi connectivity index (χ1) is 9.72. The van der Waals surface area contributed by atoms with Gasteiger partial charge in [0.25, 0.3) is 0 Å². The summed E-state index contributed by atoms with van der Waals surface area (Å²) in [5.41, 5.74) is 6.75. The molecule has 20 heavy (non-hydrogen) atoms. The number of amides is 1. The number of carbonyl (C=O) groups is 1. The Morgan fingerprint density at radius 2 is 1.75 bits per heavy atom. The molecule has 0 atom stereocenters. The fourth-order valence-electron chi connectivity index (χ4n) is 3.82. The lowest BCUT2D eigenvalue weighted by molar-refractivity contribution is -0.120. The maximum atomic E-state index is 10.9. The third kappa shape index (κ3) is 3.04. The van der Waals surface area contributed by atoms with Crippen molar-refractivity contribution < 1.29 is 4.79 Å². The van der Waals surface area contributed by atoms with Crippen LogP contribution in [0.4, 0.5) is 0 Å². The smallest absolute Gasteiger partial charge is 0.217 e. The van der Waals surface area contributed by atoms with Crippen LogP contribution in [0.3, 0.4) is 0 Å². The zero-order valence-electron chi connectivity index (χ0n) is 12.0. The second kappa shape index (κ2) is 5.96. The molecule has 1 aliphatic heterocycles. The summed E-state index contributed by atoms with van der Waals surface area (Å²) in [6.45, 7) is 2.15. The van der Waals surface area contributed by atoms with E-state index in [1.165, 1.54) is 31.2 Å². The van der Waals surface area contributed by atoms with Crippen LogP contribution in [0.15, 0.2) is 30.3 Å². The minimum absolute atomic E-state index is 0.151. The summed E-state index contributed by atoms with van der Waals surface area (Å²) in [4.78, 5) is 13.4. The Kier molecular flexibility index (Phi) is 4.06. The number of nitrogens with two attached hydrogens (primary N) is 1. The Morgan fingerprint density at radius 3 is 2.35 bits per heavy atom. The summed E-state index contributed by atoms with van der Waals surface area (Å²) >= 11 is 0. The molecule has 0 spiro atoms. The number of nitrogens with zero attached hydrogens (tertiary/aromatic N) is 1. The summed E-state index contributed by atoms with van der Waals surface area (Å²) in [6, 6.07) is 11.6. The van der Waals surface area contributed by atoms with E-state index in [0.717, 1.165) is 25.0 Å². The molecule has 2 fully saturated rings. The highest BCUT2D eigenvalue weighted by Crippen LogP contribution is 2.37. The second-order valence-electron chi connectivity index (χ2n) is 6.41. The molecule has 0 aromatic heterocycles. The van der Waals surface area contributed by atoms with E-state index in [9.17, 15) is 4.79 Å². The maximum Gasteiger partial charge on any atom is 0.217 e. The van der Waals surface area contributed by atoms with Crippen LogP contribution in [0.1, 0.15) is 43.6 Å². The van der Waals surface area contributed by atoms with Gasteiger partial charge in [-0.25, -0.2) is 0 Å². The van der Waals surface area contributed by atoms with Crippen LogP contribution in [-0.4, -0.2) is 29.9 Å². The number of hydrogen-bond donors (Lipinski definition) is 1. The van der Waals surface area contributed by atoms with Gasteiger partial charge >= 0.3 is 0 Å². The lowest BCUT2D eigenvalue weighted by atomic mass is 9.79. The molecular formula is C17H24N2O. The van der Waals surface area contributed by atoms with Gasteiger partial charge in [0.15, 0.2) is 0 Å². The van der Waals surface area contributed by atoms with Crippen LogP contribution in [0, 0.1) is 5.92 Å². The number of likely N-dealkylation sites (tertiary alicyclic amines) is 1. The van der Waals surface area contributed by atoms with Crippen molar-refractivity contribution in [3.63, 3.8) is 0 Å². The molecule has 1 aromatic carbocycles. The topological polar surface area (TPSA) is 46.3 Å². The molecule has 2 N–H and O–H groups in total. The first-order valence-corrected chi connectivity index (χ1v) is 7.79. The monoisotopic (exact) mass is 272 g/mol. The van der Waals surface area contributed by atoms with Gasteiger partial charge in [-0.15, -0.1) is 0 Å². The molecule has 0 unspecified atom stereocenters. The molecule has 1 heterocycles. The fraction of sp³-hybridized carbons (Fsp3) is 0.588. The molecule has 2 aliphatic rings. The molecule has 0 bridgehead atoms. The highest BCUT2D eigenvalue weighted by Gasteiger charge is 2.35. The van der Waals surface area contributed by atoms with Crippen LogP contribution in [0.5, 0.6) is 0 Å². The number of benzene rings is 1. The number of rotatable bonds is 4. The van der Waals surface area contributed by atoms with Gasteiger partial charge in [-0.3, -0.25) is 9.69 Å². The van der Waals surface area contributed by atoms with E-state index in [4.69, 9.17) is 5.73 Å². The van der Waals surface area contributed by atoms with Crippen LogP contribution < -0.4 is 5.73 Å². The van der Waals surface area contributed by atoms with Crippen molar-refractivity contribution in [2.75, 3.05) is 13.1 Å². The molecular weight excluding hydrogens is 248 g/mol. The van der Waals surface area contributed by atoms with Gasteiger partial charge in [0, 0.05) is 25.6 Å². The van der Waals surface area contributed by atoms with Crippen molar-refractivity contribution in [3.05, 3.63) is 35.9 Å². The van der Waals surface area contributed by atoms with Crippen molar-refractivity contribution in [2.24, 2.45) is 11.7 Å². The average molecular weight is 272 g/mol. The highest BCUT2D eigenvalue weighted by atomic mass is 16.1. The van der Waals surface area contributed by atoms with Crippen LogP contribution in [0.25, 0.3) is 0 Å². The van der Waals surface area contributed by atoms with Gasteiger partial charge in [0.1, 0.15) is 0 Å². The first-order valence-electron chi connectivity index (χ1n) is 7.79. The van der Waals surface area contributed by atoms with Gasteiger partial charge in [0.2, 0.25) is 5.91 Å². The minimum Gasteiger partial charge on any atom is -0.370 e. The summed E-state index contributed by atoms with van der Waals surface area (Å²) < 4.78 is 0. The molecule has 1 aromatic rings. The molecule has 3 heteroatoms. The van der Waals surface area contributed by atoms with E-state index < -0.39 is 0 Å². The van der Waals surface area contributed by atoms with Crippen LogP contribution >= 0.6 is 0 Å². The summed E-state index contributed by atoms with van der Waals surface area (Å²) in [7, 11) is 0. The molecule has 108 valence electrons.